The average Bonchev–Trinajstić information content (AvgIpc) is 2.33. The highest BCUT2D eigenvalue weighted by Crippen LogP contribution is 2.20. The summed E-state index contributed by atoms with van der Waals surface area (Å²) in [6.45, 7) is 11.3. The minimum absolute atomic E-state index is 0.205. The van der Waals surface area contributed by atoms with Gasteiger partial charge in [0.15, 0.2) is 0 Å². The van der Waals surface area contributed by atoms with Gasteiger partial charge in [0, 0.05) is 13.2 Å². The van der Waals surface area contributed by atoms with Crippen LogP contribution in [0.4, 0.5) is 0 Å². The lowest BCUT2D eigenvalue weighted by Crippen LogP contribution is -2.26. The van der Waals surface area contributed by atoms with Crippen LogP contribution in [-0.4, -0.2) is 23.9 Å². The summed E-state index contributed by atoms with van der Waals surface area (Å²) in [5.74, 6) is 0. The maximum atomic E-state index is 8.68. The van der Waals surface area contributed by atoms with E-state index < -0.39 is 0 Å². The van der Waals surface area contributed by atoms with Crippen LogP contribution in [-0.2, 0) is 4.74 Å². The van der Waals surface area contributed by atoms with Gasteiger partial charge in [0.2, 0.25) is 0 Å². The highest BCUT2D eigenvalue weighted by atomic mass is 16.5. The van der Waals surface area contributed by atoms with E-state index in [0.29, 0.717) is 6.61 Å². The molecule has 2 heteroatoms. The number of hydrogen-bond acceptors (Lipinski definition) is 2. The molecule has 0 fully saturated rings. The lowest BCUT2D eigenvalue weighted by molar-refractivity contribution is -0.00169. The number of rotatable bonds is 11. The summed E-state index contributed by atoms with van der Waals surface area (Å²) in [5, 5.41) is 8.68. The van der Waals surface area contributed by atoms with Crippen molar-refractivity contribution in [3.05, 3.63) is 24.3 Å². The normalized spacial score (nSPS) is 14.0. The molecule has 0 rings (SSSR count). The summed E-state index contributed by atoms with van der Waals surface area (Å²) in [4.78, 5) is 0. The molecule has 0 aliphatic rings. The standard InChI is InChI=1S/C16H30O2/c1-5-16(4,12-10-11-15(2)3)18-14-9-7-6-8-13-17/h5,11,17H,1,6-10,12-14H2,2-4H3. The highest BCUT2D eigenvalue weighted by Gasteiger charge is 2.19. The second-order valence-corrected chi connectivity index (χ2v) is 5.32. The van der Waals surface area contributed by atoms with Crippen LogP contribution in [0.1, 0.15) is 59.3 Å². The molecule has 0 aromatic rings. The van der Waals surface area contributed by atoms with Crippen LogP contribution < -0.4 is 0 Å². The van der Waals surface area contributed by atoms with Gasteiger partial charge in [-0.15, -0.1) is 6.58 Å². The Morgan fingerprint density at radius 1 is 1.22 bits per heavy atom. The summed E-state index contributed by atoms with van der Waals surface area (Å²) in [6.07, 6.45) is 10.4. The van der Waals surface area contributed by atoms with Crippen molar-refractivity contribution in [3.8, 4) is 0 Å². The third-order valence-corrected chi connectivity index (χ3v) is 3.11. The number of aliphatic hydroxyl groups excluding tert-OH is 1. The minimum atomic E-state index is -0.205. The monoisotopic (exact) mass is 254 g/mol. The van der Waals surface area contributed by atoms with E-state index in [0.717, 1.165) is 45.1 Å². The zero-order valence-corrected chi connectivity index (χ0v) is 12.4. The Morgan fingerprint density at radius 3 is 2.44 bits per heavy atom. The first-order chi connectivity index (χ1) is 8.54. The van der Waals surface area contributed by atoms with Gasteiger partial charge in [0.25, 0.3) is 0 Å². The fourth-order valence-electron chi connectivity index (χ4n) is 1.75. The molecule has 0 aromatic carbocycles. The molecule has 0 heterocycles. The Balaban J connectivity index is 3.78. The van der Waals surface area contributed by atoms with Crippen LogP contribution in [0.5, 0.6) is 0 Å². The van der Waals surface area contributed by atoms with Crippen molar-refractivity contribution in [1.29, 1.82) is 0 Å². The van der Waals surface area contributed by atoms with E-state index >= 15 is 0 Å². The lowest BCUT2D eigenvalue weighted by Gasteiger charge is -2.26. The molecule has 0 aromatic heterocycles. The van der Waals surface area contributed by atoms with Crippen molar-refractivity contribution in [2.45, 2.75) is 64.9 Å². The second kappa shape index (κ2) is 10.3. The number of hydrogen-bond donors (Lipinski definition) is 1. The van der Waals surface area contributed by atoms with E-state index in [2.05, 4.69) is 33.4 Å². The number of ether oxygens (including phenoxy) is 1. The van der Waals surface area contributed by atoms with E-state index in [4.69, 9.17) is 9.84 Å². The highest BCUT2D eigenvalue weighted by molar-refractivity contribution is 4.99. The van der Waals surface area contributed by atoms with Crippen molar-refractivity contribution in [2.24, 2.45) is 0 Å². The van der Waals surface area contributed by atoms with Crippen molar-refractivity contribution in [3.63, 3.8) is 0 Å². The van der Waals surface area contributed by atoms with Gasteiger partial charge in [0.1, 0.15) is 0 Å². The average molecular weight is 254 g/mol. The summed E-state index contributed by atoms with van der Waals surface area (Å²) >= 11 is 0. The molecular weight excluding hydrogens is 224 g/mol. The van der Waals surface area contributed by atoms with Crippen molar-refractivity contribution in [2.75, 3.05) is 13.2 Å². The zero-order valence-electron chi connectivity index (χ0n) is 12.4. The van der Waals surface area contributed by atoms with Gasteiger partial charge in [-0.3, -0.25) is 0 Å². The molecule has 106 valence electrons. The first kappa shape index (κ1) is 17.4. The summed E-state index contributed by atoms with van der Waals surface area (Å²) in [5.41, 5.74) is 1.15. The predicted molar refractivity (Wildman–Crippen MR) is 78.8 cm³/mol. The fourth-order valence-corrected chi connectivity index (χ4v) is 1.75. The molecule has 0 bridgehead atoms. The van der Waals surface area contributed by atoms with Crippen LogP contribution in [0.15, 0.2) is 24.3 Å². The first-order valence-corrected chi connectivity index (χ1v) is 7.06. The van der Waals surface area contributed by atoms with Crippen LogP contribution in [0.2, 0.25) is 0 Å². The Morgan fingerprint density at radius 2 is 1.89 bits per heavy atom. The van der Waals surface area contributed by atoms with Crippen molar-refractivity contribution >= 4 is 0 Å². The maximum Gasteiger partial charge on any atom is 0.0834 e. The Bertz CT molecular complexity index is 241. The van der Waals surface area contributed by atoms with Gasteiger partial charge >= 0.3 is 0 Å². The van der Waals surface area contributed by atoms with Gasteiger partial charge in [0.05, 0.1) is 5.60 Å². The van der Waals surface area contributed by atoms with Crippen LogP contribution >= 0.6 is 0 Å². The third-order valence-electron chi connectivity index (χ3n) is 3.11. The lowest BCUT2D eigenvalue weighted by atomic mass is 9.99. The van der Waals surface area contributed by atoms with Crippen LogP contribution in [0.25, 0.3) is 0 Å². The predicted octanol–water partition coefficient (Wildman–Crippen LogP) is 4.25. The molecule has 0 radical (unpaired) electrons. The Labute approximate surface area is 113 Å². The van der Waals surface area contributed by atoms with Crippen molar-refractivity contribution in [1.82, 2.24) is 0 Å². The van der Waals surface area contributed by atoms with E-state index in [9.17, 15) is 0 Å². The molecule has 18 heavy (non-hydrogen) atoms. The van der Waals surface area contributed by atoms with E-state index in [-0.39, 0.29) is 5.60 Å². The molecule has 0 amide bonds. The summed E-state index contributed by atoms with van der Waals surface area (Å²) < 4.78 is 5.93. The molecule has 0 aliphatic carbocycles. The molecule has 2 nitrogen and oxygen atoms in total. The molecule has 1 atom stereocenters. The number of aliphatic hydroxyl groups is 1. The Kier molecular flexibility index (Phi) is 9.99. The molecule has 0 aliphatic heterocycles. The topological polar surface area (TPSA) is 29.5 Å². The minimum Gasteiger partial charge on any atom is -0.396 e. The van der Waals surface area contributed by atoms with Crippen molar-refractivity contribution < 1.29 is 9.84 Å². The van der Waals surface area contributed by atoms with Gasteiger partial charge in [-0.2, -0.15) is 0 Å². The van der Waals surface area contributed by atoms with Crippen LogP contribution in [0, 0.1) is 0 Å². The number of allylic oxidation sites excluding steroid dienone is 2. The first-order valence-electron chi connectivity index (χ1n) is 7.06. The number of unbranched alkanes of at least 4 members (excludes halogenated alkanes) is 3. The van der Waals surface area contributed by atoms with Crippen LogP contribution in [0.3, 0.4) is 0 Å². The molecular formula is C16H30O2. The fraction of sp³-hybridized carbons (Fsp3) is 0.750. The third kappa shape index (κ3) is 9.43. The second-order valence-electron chi connectivity index (χ2n) is 5.32. The summed E-state index contributed by atoms with van der Waals surface area (Å²) in [7, 11) is 0. The van der Waals surface area contributed by atoms with Gasteiger partial charge in [-0.25, -0.2) is 0 Å². The van der Waals surface area contributed by atoms with E-state index in [1.165, 1.54) is 5.57 Å². The van der Waals surface area contributed by atoms with Gasteiger partial charge in [-0.05, 0) is 46.5 Å². The van der Waals surface area contributed by atoms with Gasteiger partial charge < -0.3 is 9.84 Å². The maximum absolute atomic E-state index is 8.68. The zero-order chi connectivity index (χ0) is 13.9. The summed E-state index contributed by atoms with van der Waals surface area (Å²) in [6, 6.07) is 0. The molecule has 0 spiro atoms. The van der Waals surface area contributed by atoms with E-state index in [1.807, 2.05) is 6.08 Å². The van der Waals surface area contributed by atoms with Gasteiger partial charge in [-0.1, -0.05) is 30.6 Å². The molecule has 1 N–H and O–H groups in total. The molecule has 0 saturated heterocycles. The Hall–Kier alpha value is -0.600. The molecule has 1 unspecified atom stereocenters. The van der Waals surface area contributed by atoms with E-state index in [1.54, 1.807) is 0 Å². The SMILES string of the molecule is C=CC(C)(CCC=C(C)C)OCCCCCCO. The molecule has 0 saturated carbocycles. The smallest absolute Gasteiger partial charge is 0.0834 e. The quantitative estimate of drug-likeness (QED) is 0.441. The largest absolute Gasteiger partial charge is 0.396 e.